The van der Waals surface area contributed by atoms with Crippen molar-refractivity contribution >= 4 is 32.5 Å². The van der Waals surface area contributed by atoms with Crippen LogP contribution in [0.1, 0.15) is 16.8 Å². The number of carbonyl (C=O) groups is 1. The Labute approximate surface area is 174 Å². The lowest BCUT2D eigenvalue weighted by molar-refractivity contribution is 0.0903. The molecule has 30 heavy (non-hydrogen) atoms. The number of ketones is 1. The molecule has 1 atom stereocenters. The van der Waals surface area contributed by atoms with Crippen molar-refractivity contribution in [3.8, 4) is 0 Å². The number of hydrogen-bond acceptors (Lipinski definition) is 7. The Kier molecular flexibility index (Phi) is 5.50. The maximum Gasteiger partial charge on any atom is 0.243 e. The van der Waals surface area contributed by atoms with Crippen LogP contribution in [-0.2, 0) is 10.0 Å². The minimum absolute atomic E-state index is 0.219. The van der Waals surface area contributed by atoms with Gasteiger partial charge in [-0.25, -0.2) is 18.4 Å². The van der Waals surface area contributed by atoms with Crippen molar-refractivity contribution in [3.05, 3.63) is 60.4 Å². The largest absolute Gasteiger partial charge is 0.388 e. The summed E-state index contributed by atoms with van der Waals surface area (Å²) in [4.78, 5) is 22.0. The van der Waals surface area contributed by atoms with Gasteiger partial charge in [-0.2, -0.15) is 4.31 Å². The Morgan fingerprint density at radius 1 is 1.17 bits per heavy atom. The van der Waals surface area contributed by atoms with E-state index in [1.807, 2.05) is 35.2 Å². The van der Waals surface area contributed by atoms with E-state index in [9.17, 15) is 13.2 Å². The van der Waals surface area contributed by atoms with Gasteiger partial charge in [0.1, 0.15) is 6.61 Å². The third-order valence-electron chi connectivity index (χ3n) is 5.46. The number of Topliss-reactive ketones (excluding diaryl/α,β-unsaturated/α-hetero) is 1. The van der Waals surface area contributed by atoms with Crippen molar-refractivity contribution in [1.82, 2.24) is 14.3 Å². The van der Waals surface area contributed by atoms with Gasteiger partial charge < -0.3 is 10.0 Å². The Morgan fingerprint density at radius 2 is 1.87 bits per heavy atom. The summed E-state index contributed by atoms with van der Waals surface area (Å²) >= 11 is 0. The zero-order valence-electron chi connectivity index (χ0n) is 16.5. The van der Waals surface area contributed by atoms with Crippen molar-refractivity contribution in [2.24, 2.45) is 0 Å². The van der Waals surface area contributed by atoms with Crippen LogP contribution in [0.5, 0.6) is 0 Å². The van der Waals surface area contributed by atoms with Gasteiger partial charge in [-0.3, -0.25) is 4.79 Å². The molecule has 0 amide bonds. The van der Waals surface area contributed by atoms with E-state index < -0.39 is 22.4 Å². The van der Waals surface area contributed by atoms with Crippen LogP contribution < -0.4 is 4.90 Å². The molecule has 156 valence electrons. The monoisotopic (exact) mass is 426 g/mol. The van der Waals surface area contributed by atoms with E-state index >= 15 is 0 Å². The van der Waals surface area contributed by atoms with Gasteiger partial charge in [0.25, 0.3) is 0 Å². The van der Waals surface area contributed by atoms with Crippen molar-refractivity contribution in [2.45, 2.75) is 17.4 Å². The van der Waals surface area contributed by atoms with E-state index in [1.54, 1.807) is 19.2 Å². The normalized spacial score (nSPS) is 17.0. The lowest BCUT2D eigenvalue weighted by Gasteiger charge is -2.24. The molecule has 4 rings (SSSR count). The summed E-state index contributed by atoms with van der Waals surface area (Å²) in [5, 5.41) is 10.8. The minimum atomic E-state index is -3.65. The summed E-state index contributed by atoms with van der Waals surface area (Å²) in [5.74, 6) is -0.00875. The lowest BCUT2D eigenvalue weighted by atomic mass is 10.1. The number of aliphatic hydroxyl groups excluding tert-OH is 1. The molecule has 9 heteroatoms. The SMILES string of the molecule is CN(C1CCN(c2ncc(C(=O)CO)cn2)C1)S(=O)(=O)c1ccc2ccccc2c1. The third-order valence-corrected chi connectivity index (χ3v) is 7.37. The maximum absolute atomic E-state index is 13.2. The molecule has 0 radical (unpaired) electrons. The predicted molar refractivity (Wildman–Crippen MR) is 113 cm³/mol. The summed E-state index contributed by atoms with van der Waals surface area (Å²) in [5.41, 5.74) is 0.244. The van der Waals surface area contributed by atoms with Gasteiger partial charge in [-0.1, -0.05) is 30.3 Å². The van der Waals surface area contributed by atoms with Gasteiger partial charge in [0.2, 0.25) is 16.0 Å². The quantitative estimate of drug-likeness (QED) is 0.599. The molecule has 1 aliphatic heterocycles. The van der Waals surface area contributed by atoms with E-state index in [2.05, 4.69) is 9.97 Å². The molecule has 2 aromatic carbocycles. The summed E-state index contributed by atoms with van der Waals surface area (Å²) in [6, 6.07) is 12.6. The Morgan fingerprint density at radius 3 is 2.57 bits per heavy atom. The zero-order valence-corrected chi connectivity index (χ0v) is 17.3. The van der Waals surface area contributed by atoms with Gasteiger partial charge in [0, 0.05) is 38.6 Å². The summed E-state index contributed by atoms with van der Waals surface area (Å²) < 4.78 is 27.8. The van der Waals surface area contributed by atoms with Crippen LogP contribution in [0.25, 0.3) is 10.8 Å². The van der Waals surface area contributed by atoms with Crippen LogP contribution in [0.4, 0.5) is 5.95 Å². The van der Waals surface area contributed by atoms with Gasteiger partial charge in [-0.05, 0) is 29.3 Å². The molecule has 1 aromatic heterocycles. The van der Waals surface area contributed by atoms with Crippen LogP contribution in [0.15, 0.2) is 59.8 Å². The number of rotatable bonds is 6. The molecule has 0 bridgehead atoms. The number of sulfonamides is 1. The fourth-order valence-corrected chi connectivity index (χ4v) is 5.04. The van der Waals surface area contributed by atoms with Crippen molar-refractivity contribution in [1.29, 1.82) is 0 Å². The van der Waals surface area contributed by atoms with Crippen molar-refractivity contribution in [3.63, 3.8) is 0 Å². The Hall–Kier alpha value is -2.88. The third kappa shape index (κ3) is 3.79. The fraction of sp³-hybridized carbons (Fsp3) is 0.286. The second-order valence-electron chi connectivity index (χ2n) is 7.27. The highest BCUT2D eigenvalue weighted by molar-refractivity contribution is 7.89. The molecule has 1 N–H and O–H groups in total. The van der Waals surface area contributed by atoms with E-state index in [-0.39, 0.29) is 16.5 Å². The highest BCUT2D eigenvalue weighted by Gasteiger charge is 2.34. The second-order valence-corrected chi connectivity index (χ2v) is 9.27. The maximum atomic E-state index is 13.2. The number of aliphatic hydroxyl groups is 1. The molecule has 2 heterocycles. The van der Waals surface area contributed by atoms with Crippen molar-refractivity contribution < 1.29 is 18.3 Å². The molecule has 3 aromatic rings. The lowest BCUT2D eigenvalue weighted by Crippen LogP contribution is -2.39. The highest BCUT2D eigenvalue weighted by Crippen LogP contribution is 2.26. The number of fused-ring (bicyclic) bond motifs is 1. The molecule has 1 saturated heterocycles. The first kappa shape index (κ1) is 20.4. The molecule has 1 fully saturated rings. The van der Waals surface area contributed by atoms with Crippen LogP contribution in [-0.4, -0.2) is 66.4 Å². The van der Waals surface area contributed by atoms with E-state index in [4.69, 9.17) is 5.11 Å². The topological polar surface area (TPSA) is 104 Å². The van der Waals surface area contributed by atoms with E-state index in [0.717, 1.165) is 10.8 Å². The first-order valence-electron chi connectivity index (χ1n) is 9.58. The number of aromatic nitrogens is 2. The van der Waals surface area contributed by atoms with Crippen LogP contribution in [0, 0.1) is 0 Å². The number of benzene rings is 2. The molecule has 1 unspecified atom stereocenters. The standard InChI is InChI=1S/C21H22N4O4S/c1-24(30(28,29)19-7-6-15-4-2-3-5-16(15)10-19)18-8-9-25(13-18)21-22-11-17(12-23-21)20(27)14-26/h2-7,10-12,18,26H,8-9,13-14H2,1H3. The van der Waals surface area contributed by atoms with E-state index in [1.165, 1.54) is 16.7 Å². The summed E-state index contributed by atoms with van der Waals surface area (Å²) in [6.07, 6.45) is 3.40. The number of nitrogens with zero attached hydrogens (tertiary/aromatic N) is 4. The zero-order chi connectivity index (χ0) is 21.3. The Balaban J connectivity index is 1.50. The second kappa shape index (κ2) is 8.10. The molecular formula is C21H22N4O4S. The van der Waals surface area contributed by atoms with Crippen LogP contribution >= 0.6 is 0 Å². The van der Waals surface area contributed by atoms with Gasteiger partial charge in [-0.15, -0.1) is 0 Å². The number of hydrogen-bond donors (Lipinski definition) is 1. The summed E-state index contributed by atoms with van der Waals surface area (Å²) in [6.45, 7) is 0.470. The first-order chi connectivity index (χ1) is 14.4. The minimum Gasteiger partial charge on any atom is -0.388 e. The molecule has 0 saturated carbocycles. The fourth-order valence-electron chi connectivity index (χ4n) is 3.63. The smallest absolute Gasteiger partial charge is 0.243 e. The molecule has 0 spiro atoms. The van der Waals surface area contributed by atoms with Gasteiger partial charge in [0.05, 0.1) is 10.5 Å². The van der Waals surface area contributed by atoms with Gasteiger partial charge in [0.15, 0.2) is 5.78 Å². The number of likely N-dealkylation sites (N-methyl/N-ethyl adjacent to an activating group) is 1. The van der Waals surface area contributed by atoms with Crippen molar-refractivity contribution in [2.75, 3.05) is 31.6 Å². The highest BCUT2D eigenvalue weighted by atomic mass is 32.2. The Bertz CT molecular complexity index is 1180. The first-order valence-corrected chi connectivity index (χ1v) is 11.0. The molecule has 0 aliphatic carbocycles. The van der Waals surface area contributed by atoms with E-state index in [0.29, 0.717) is 25.5 Å². The van der Waals surface area contributed by atoms with Gasteiger partial charge >= 0.3 is 0 Å². The van der Waals surface area contributed by atoms with Crippen LogP contribution in [0.2, 0.25) is 0 Å². The number of carbonyl (C=O) groups excluding carboxylic acids is 1. The number of anilines is 1. The molecule has 1 aliphatic rings. The molecular weight excluding hydrogens is 404 g/mol. The molecule has 8 nitrogen and oxygen atoms in total. The predicted octanol–water partition coefficient (Wildman–Crippen LogP) is 1.70. The average Bonchev–Trinajstić information content (AvgIpc) is 3.28. The summed E-state index contributed by atoms with van der Waals surface area (Å²) in [7, 11) is -2.05. The van der Waals surface area contributed by atoms with Crippen LogP contribution in [0.3, 0.4) is 0 Å². The average molecular weight is 426 g/mol.